The second kappa shape index (κ2) is 4.78. The van der Waals surface area contributed by atoms with E-state index in [0.717, 1.165) is 0 Å². The van der Waals surface area contributed by atoms with Crippen LogP contribution in [0.3, 0.4) is 0 Å². The van der Waals surface area contributed by atoms with Gasteiger partial charge >= 0.3 is 11.9 Å². The fraction of sp³-hybridized carbons (Fsp3) is 0.714. The Hall–Kier alpha value is -1.14. The van der Waals surface area contributed by atoms with E-state index >= 15 is 0 Å². The maximum absolute atomic E-state index is 10.5. The molecule has 6 nitrogen and oxygen atoms in total. The average molecular weight is 191 g/mol. The van der Waals surface area contributed by atoms with Crippen LogP contribution in [0.15, 0.2) is 0 Å². The molecule has 0 aromatic heterocycles. The van der Waals surface area contributed by atoms with E-state index in [4.69, 9.17) is 21.1 Å². The lowest BCUT2D eigenvalue weighted by atomic mass is 9.95. The fourth-order valence-corrected chi connectivity index (χ4v) is 0.809. The topological polar surface area (TPSA) is 121 Å². The molecule has 5 N–H and O–H groups in total. The van der Waals surface area contributed by atoms with Crippen molar-refractivity contribution >= 4 is 11.9 Å². The molecule has 0 spiro atoms. The van der Waals surface area contributed by atoms with Gasteiger partial charge in [-0.05, 0) is 12.8 Å². The van der Waals surface area contributed by atoms with Crippen molar-refractivity contribution in [3.05, 3.63) is 0 Å². The van der Waals surface area contributed by atoms with E-state index in [-0.39, 0.29) is 19.3 Å². The minimum atomic E-state index is -1.71. The Morgan fingerprint density at radius 2 is 1.85 bits per heavy atom. The predicted octanol–water partition coefficient (Wildman–Crippen LogP) is -0.984. The summed E-state index contributed by atoms with van der Waals surface area (Å²) in [7, 11) is 0. The Balaban J connectivity index is 3.98. The molecule has 0 aliphatic heterocycles. The van der Waals surface area contributed by atoms with Crippen molar-refractivity contribution in [1.29, 1.82) is 0 Å². The molecule has 0 saturated carbocycles. The Morgan fingerprint density at radius 3 is 2.15 bits per heavy atom. The molecule has 76 valence electrons. The zero-order valence-electron chi connectivity index (χ0n) is 7.06. The molecule has 0 heterocycles. The van der Waals surface area contributed by atoms with Gasteiger partial charge in [-0.2, -0.15) is 0 Å². The number of aliphatic carboxylic acids is 2. The summed E-state index contributed by atoms with van der Waals surface area (Å²) in [5.41, 5.74) is 3.57. The summed E-state index contributed by atoms with van der Waals surface area (Å²) in [5.74, 6) is -2.33. The van der Waals surface area contributed by atoms with Crippen molar-refractivity contribution in [2.45, 2.75) is 24.8 Å². The molecule has 0 radical (unpaired) electrons. The maximum atomic E-state index is 10.5. The number of hydrogen-bond acceptors (Lipinski definition) is 4. The van der Waals surface area contributed by atoms with Crippen molar-refractivity contribution in [2.24, 2.45) is 5.73 Å². The van der Waals surface area contributed by atoms with Gasteiger partial charge in [-0.25, -0.2) is 0 Å². The van der Waals surface area contributed by atoms with E-state index in [9.17, 15) is 9.59 Å². The highest BCUT2D eigenvalue weighted by molar-refractivity contribution is 5.78. The van der Waals surface area contributed by atoms with Crippen LogP contribution >= 0.6 is 0 Å². The standard InChI is InChI=1S/C7H13NO5/c8-7(4-9,6(12)13)3-1-2-5(10)11/h9H,1-4,8H2,(H,10,11)(H,12,13). The molecule has 0 amide bonds. The van der Waals surface area contributed by atoms with Gasteiger partial charge in [0.1, 0.15) is 5.54 Å². The summed E-state index contributed by atoms with van der Waals surface area (Å²) in [4.78, 5) is 20.6. The molecule has 0 aliphatic carbocycles. The largest absolute Gasteiger partial charge is 0.481 e. The molecule has 1 unspecified atom stereocenters. The Morgan fingerprint density at radius 1 is 1.31 bits per heavy atom. The molecule has 0 aromatic carbocycles. The smallest absolute Gasteiger partial charge is 0.326 e. The molecule has 1 atom stereocenters. The number of rotatable bonds is 6. The summed E-state index contributed by atoms with van der Waals surface area (Å²) in [5, 5.41) is 25.5. The van der Waals surface area contributed by atoms with Gasteiger partial charge in [0.2, 0.25) is 0 Å². The fourth-order valence-electron chi connectivity index (χ4n) is 0.809. The zero-order chi connectivity index (χ0) is 10.5. The Labute approximate surface area is 75.0 Å². The van der Waals surface area contributed by atoms with Gasteiger partial charge in [-0.1, -0.05) is 0 Å². The molecule has 0 bridgehead atoms. The third kappa shape index (κ3) is 3.86. The van der Waals surface area contributed by atoms with Crippen LogP contribution in [0.2, 0.25) is 0 Å². The number of aliphatic hydroxyl groups is 1. The van der Waals surface area contributed by atoms with Gasteiger partial charge in [0.05, 0.1) is 6.61 Å². The van der Waals surface area contributed by atoms with E-state index in [2.05, 4.69) is 0 Å². The van der Waals surface area contributed by atoms with E-state index < -0.39 is 24.1 Å². The predicted molar refractivity (Wildman–Crippen MR) is 43.1 cm³/mol. The molecule has 0 fully saturated rings. The van der Waals surface area contributed by atoms with Gasteiger partial charge < -0.3 is 21.1 Å². The Kier molecular flexibility index (Phi) is 4.36. The average Bonchev–Trinajstić information content (AvgIpc) is 2.03. The SMILES string of the molecule is NC(CO)(CCCC(=O)O)C(=O)O. The summed E-state index contributed by atoms with van der Waals surface area (Å²) in [6, 6.07) is 0. The van der Waals surface area contributed by atoms with Crippen molar-refractivity contribution in [1.82, 2.24) is 0 Å². The number of carboxylic acids is 2. The molecular weight excluding hydrogens is 178 g/mol. The lowest BCUT2D eigenvalue weighted by molar-refractivity contribution is -0.146. The number of hydrogen-bond donors (Lipinski definition) is 4. The Bertz CT molecular complexity index is 205. The van der Waals surface area contributed by atoms with Crippen molar-refractivity contribution in [2.75, 3.05) is 6.61 Å². The van der Waals surface area contributed by atoms with Crippen molar-refractivity contribution in [3.63, 3.8) is 0 Å². The highest BCUT2D eigenvalue weighted by Crippen LogP contribution is 2.10. The number of nitrogens with two attached hydrogens (primary N) is 1. The zero-order valence-corrected chi connectivity index (χ0v) is 7.06. The second-order valence-electron chi connectivity index (χ2n) is 2.87. The maximum Gasteiger partial charge on any atom is 0.326 e. The third-order valence-electron chi connectivity index (χ3n) is 1.72. The second-order valence-corrected chi connectivity index (χ2v) is 2.87. The molecule has 6 heteroatoms. The van der Waals surface area contributed by atoms with Gasteiger partial charge in [0, 0.05) is 6.42 Å². The summed E-state index contributed by atoms with van der Waals surface area (Å²) in [6.45, 7) is -0.693. The summed E-state index contributed by atoms with van der Waals surface area (Å²) >= 11 is 0. The molecule has 0 saturated heterocycles. The van der Waals surface area contributed by atoms with Gasteiger partial charge in [0.25, 0.3) is 0 Å². The van der Waals surface area contributed by atoms with Crippen LogP contribution in [0.1, 0.15) is 19.3 Å². The molecular formula is C7H13NO5. The molecule has 13 heavy (non-hydrogen) atoms. The number of aliphatic hydroxyl groups excluding tert-OH is 1. The van der Waals surface area contributed by atoms with Crippen LogP contribution in [-0.2, 0) is 9.59 Å². The van der Waals surface area contributed by atoms with Crippen molar-refractivity contribution < 1.29 is 24.9 Å². The number of carbonyl (C=O) groups is 2. The molecule has 0 rings (SSSR count). The third-order valence-corrected chi connectivity index (χ3v) is 1.72. The van der Waals surface area contributed by atoms with Gasteiger partial charge in [-0.15, -0.1) is 0 Å². The minimum Gasteiger partial charge on any atom is -0.481 e. The van der Waals surface area contributed by atoms with Crippen molar-refractivity contribution in [3.8, 4) is 0 Å². The normalized spacial score (nSPS) is 14.9. The highest BCUT2D eigenvalue weighted by atomic mass is 16.4. The quantitative estimate of drug-likeness (QED) is 0.428. The van der Waals surface area contributed by atoms with Crippen LogP contribution in [0.4, 0.5) is 0 Å². The summed E-state index contributed by atoms with van der Waals surface area (Å²) < 4.78 is 0. The van der Waals surface area contributed by atoms with E-state index in [1.54, 1.807) is 0 Å². The lowest BCUT2D eigenvalue weighted by Gasteiger charge is -2.21. The van der Waals surface area contributed by atoms with Gasteiger partial charge in [0.15, 0.2) is 0 Å². The first-order valence-corrected chi connectivity index (χ1v) is 3.77. The lowest BCUT2D eigenvalue weighted by Crippen LogP contribution is -2.51. The number of carboxylic acid groups (broad SMARTS) is 2. The summed E-state index contributed by atoms with van der Waals surface area (Å²) in [6.07, 6.45) is -0.0595. The van der Waals surface area contributed by atoms with Crippen LogP contribution in [0, 0.1) is 0 Å². The van der Waals surface area contributed by atoms with Crippen LogP contribution in [0.5, 0.6) is 0 Å². The first-order valence-electron chi connectivity index (χ1n) is 3.77. The van der Waals surface area contributed by atoms with Crippen LogP contribution in [0.25, 0.3) is 0 Å². The first kappa shape index (κ1) is 11.9. The molecule has 0 aliphatic rings. The van der Waals surface area contributed by atoms with Crippen LogP contribution in [-0.4, -0.2) is 39.4 Å². The van der Waals surface area contributed by atoms with Crippen LogP contribution < -0.4 is 5.73 Å². The van der Waals surface area contributed by atoms with E-state index in [1.165, 1.54) is 0 Å². The first-order chi connectivity index (χ1) is 5.92. The van der Waals surface area contributed by atoms with E-state index in [1.807, 2.05) is 0 Å². The monoisotopic (exact) mass is 191 g/mol. The highest BCUT2D eigenvalue weighted by Gasteiger charge is 2.32. The van der Waals surface area contributed by atoms with E-state index in [0.29, 0.717) is 0 Å². The minimum absolute atomic E-state index is 0.0505. The van der Waals surface area contributed by atoms with Gasteiger partial charge in [-0.3, -0.25) is 9.59 Å². The molecule has 0 aromatic rings.